The molecule has 4 aromatic rings. The number of fused-ring (bicyclic) bond motifs is 1. The smallest absolute Gasteiger partial charge is 0.257 e. The number of amides is 1. The van der Waals surface area contributed by atoms with Crippen molar-refractivity contribution < 1.29 is 13.9 Å². The molecule has 0 saturated carbocycles. The Morgan fingerprint density at radius 3 is 2.76 bits per heavy atom. The maximum absolute atomic E-state index is 14.9. The van der Waals surface area contributed by atoms with Crippen LogP contribution in [0.2, 0.25) is 0 Å². The first kappa shape index (κ1) is 29.1. The molecule has 42 heavy (non-hydrogen) atoms. The fraction of sp³-hybridized carbons (Fsp3) is 0.364. The normalized spacial score (nSPS) is 14.9. The molecule has 1 fully saturated rings. The van der Waals surface area contributed by atoms with Crippen LogP contribution in [0.25, 0.3) is 10.9 Å². The maximum Gasteiger partial charge on any atom is 0.257 e. The Bertz CT molecular complexity index is 1620. The number of benzene rings is 2. The number of rotatable bonds is 9. The minimum atomic E-state index is -0.305. The van der Waals surface area contributed by atoms with Crippen molar-refractivity contribution in [3.05, 3.63) is 99.9 Å². The fourth-order valence-electron chi connectivity index (χ4n) is 6.02. The molecule has 1 atom stereocenters. The van der Waals surface area contributed by atoms with E-state index in [9.17, 15) is 19.7 Å². The summed E-state index contributed by atoms with van der Waals surface area (Å²) in [5.41, 5.74) is 4.68. The van der Waals surface area contributed by atoms with Gasteiger partial charge in [-0.25, -0.2) is 4.39 Å². The van der Waals surface area contributed by atoms with Gasteiger partial charge in [0, 0.05) is 79.6 Å². The number of carbonyl (C=O) groups excluding carboxylic acids is 1. The highest BCUT2D eigenvalue weighted by atomic mass is 19.1. The van der Waals surface area contributed by atoms with E-state index in [1.54, 1.807) is 19.1 Å². The average molecular weight is 569 g/mol. The number of carbonyl (C=O) groups is 1. The van der Waals surface area contributed by atoms with Crippen LogP contribution in [0.15, 0.2) is 60.9 Å². The number of pyridine rings is 1. The van der Waals surface area contributed by atoms with E-state index >= 15 is 0 Å². The number of aromatic amines is 1. The van der Waals surface area contributed by atoms with Gasteiger partial charge in [-0.2, -0.15) is 9.99 Å². The highest BCUT2D eigenvalue weighted by Crippen LogP contribution is 2.30. The third-order valence-electron chi connectivity index (χ3n) is 8.57. The third kappa shape index (κ3) is 6.24. The van der Waals surface area contributed by atoms with Gasteiger partial charge in [-0.1, -0.05) is 0 Å². The van der Waals surface area contributed by atoms with Crippen LogP contribution in [0.5, 0.6) is 0 Å². The van der Waals surface area contributed by atoms with Gasteiger partial charge in [0.15, 0.2) is 6.20 Å². The van der Waals surface area contributed by atoms with Gasteiger partial charge in [0.2, 0.25) is 5.69 Å². The molecular weight excluding hydrogens is 531 g/mol. The van der Waals surface area contributed by atoms with Gasteiger partial charge in [-0.3, -0.25) is 4.79 Å². The molecule has 1 aliphatic heterocycles. The zero-order valence-corrected chi connectivity index (χ0v) is 24.4. The number of aromatic nitrogens is 2. The van der Waals surface area contributed by atoms with Gasteiger partial charge in [-0.05, 0) is 81.1 Å². The second-order valence-corrected chi connectivity index (χ2v) is 11.2. The molecule has 0 aliphatic carbocycles. The summed E-state index contributed by atoms with van der Waals surface area (Å²) in [5, 5.41) is 25.4. The average Bonchev–Trinajstić information content (AvgIpc) is 3.47. The SMILES string of the molecule is Cc1cc[n+]([O-])c(C)c1C(=O)NCCC(C)N1CCC(N(Cc2cc(C#N)ccc2F)c2ccc3[nH]ccc3c2)CC1. The van der Waals surface area contributed by atoms with Gasteiger partial charge in [0.25, 0.3) is 5.91 Å². The molecule has 9 heteroatoms. The van der Waals surface area contributed by atoms with Gasteiger partial charge in [0.05, 0.1) is 11.6 Å². The number of anilines is 1. The van der Waals surface area contributed by atoms with Crippen molar-refractivity contribution in [1.82, 2.24) is 15.2 Å². The largest absolute Gasteiger partial charge is 0.618 e. The van der Waals surface area contributed by atoms with Crippen LogP contribution < -0.4 is 14.9 Å². The number of nitriles is 1. The first-order valence-corrected chi connectivity index (χ1v) is 14.5. The monoisotopic (exact) mass is 568 g/mol. The summed E-state index contributed by atoms with van der Waals surface area (Å²) in [4.78, 5) is 20.8. The summed E-state index contributed by atoms with van der Waals surface area (Å²) in [6.07, 6.45) is 5.95. The van der Waals surface area contributed by atoms with Gasteiger partial charge in [0.1, 0.15) is 11.4 Å². The van der Waals surface area contributed by atoms with E-state index in [1.807, 2.05) is 19.2 Å². The van der Waals surface area contributed by atoms with Crippen molar-refractivity contribution in [2.75, 3.05) is 24.5 Å². The Labute approximate surface area is 246 Å². The minimum Gasteiger partial charge on any atom is -0.618 e. The van der Waals surface area contributed by atoms with Crippen molar-refractivity contribution in [2.45, 2.75) is 58.7 Å². The van der Waals surface area contributed by atoms with E-state index < -0.39 is 0 Å². The highest BCUT2D eigenvalue weighted by Gasteiger charge is 2.28. The summed E-state index contributed by atoms with van der Waals surface area (Å²) in [6.45, 7) is 8.35. The lowest BCUT2D eigenvalue weighted by Crippen LogP contribution is -2.48. The number of piperidine rings is 1. The number of halogens is 1. The standard InChI is InChI=1S/C33H37FN6O2/c1-22-10-17-40(42)24(3)32(22)33(41)37-13-8-23(2)38-15-11-28(12-16-38)39(21-27-18-25(20-35)4-6-30(27)34)29-5-7-31-26(19-29)9-14-36-31/h4-7,9-10,14,17-19,23,28,36H,8,11-13,15-16,21H2,1-3H3,(H,37,41). The molecule has 0 bridgehead atoms. The van der Waals surface area contributed by atoms with E-state index in [-0.39, 0.29) is 23.8 Å². The topological polar surface area (TPSA) is 102 Å². The Hall–Kier alpha value is -4.42. The summed E-state index contributed by atoms with van der Waals surface area (Å²) >= 11 is 0. The molecule has 2 N–H and O–H groups in total. The number of H-pyrrole nitrogens is 1. The molecule has 1 unspecified atom stereocenters. The van der Waals surface area contributed by atoms with E-state index in [0.717, 1.165) is 59.2 Å². The third-order valence-corrected chi connectivity index (χ3v) is 8.57. The van der Waals surface area contributed by atoms with Gasteiger partial charge >= 0.3 is 0 Å². The lowest BCUT2D eigenvalue weighted by atomic mass is 9.98. The van der Waals surface area contributed by atoms with E-state index in [0.29, 0.717) is 35.5 Å². The summed E-state index contributed by atoms with van der Waals surface area (Å²) < 4.78 is 15.6. The van der Waals surface area contributed by atoms with Gasteiger partial charge in [-0.15, -0.1) is 0 Å². The predicted molar refractivity (Wildman–Crippen MR) is 161 cm³/mol. The molecule has 3 heterocycles. The molecule has 0 spiro atoms. The number of aryl methyl sites for hydroxylation is 1. The molecule has 0 radical (unpaired) electrons. The van der Waals surface area contributed by atoms with Crippen molar-refractivity contribution in [1.29, 1.82) is 5.26 Å². The molecule has 8 nitrogen and oxygen atoms in total. The van der Waals surface area contributed by atoms with Crippen LogP contribution >= 0.6 is 0 Å². The Morgan fingerprint density at radius 2 is 2.00 bits per heavy atom. The quantitative estimate of drug-likeness (QED) is 0.216. The Morgan fingerprint density at radius 1 is 1.21 bits per heavy atom. The van der Waals surface area contributed by atoms with E-state index in [4.69, 9.17) is 0 Å². The Kier molecular flexibility index (Phi) is 8.74. The zero-order chi connectivity index (χ0) is 29.8. The first-order chi connectivity index (χ1) is 20.2. The van der Waals surface area contributed by atoms with Crippen molar-refractivity contribution in [2.24, 2.45) is 0 Å². The molecule has 2 aromatic carbocycles. The summed E-state index contributed by atoms with van der Waals surface area (Å²) in [5.74, 6) is -0.523. The molecule has 1 aliphatic rings. The molecule has 218 valence electrons. The highest BCUT2D eigenvalue weighted by molar-refractivity contribution is 5.96. The number of hydrogen-bond acceptors (Lipinski definition) is 5. The van der Waals surface area contributed by atoms with E-state index in [1.165, 1.54) is 18.3 Å². The molecule has 1 amide bonds. The number of hydrogen-bond donors (Lipinski definition) is 2. The van der Waals surface area contributed by atoms with Crippen LogP contribution in [0.3, 0.4) is 0 Å². The van der Waals surface area contributed by atoms with Gasteiger partial charge < -0.3 is 25.3 Å². The number of likely N-dealkylation sites (tertiary alicyclic amines) is 1. The second kappa shape index (κ2) is 12.6. The van der Waals surface area contributed by atoms with E-state index in [2.05, 4.69) is 51.3 Å². The van der Waals surface area contributed by atoms with Crippen molar-refractivity contribution in [3.63, 3.8) is 0 Å². The first-order valence-electron chi connectivity index (χ1n) is 14.5. The minimum absolute atomic E-state index is 0.206. The van der Waals surface area contributed by atoms with Crippen LogP contribution in [-0.2, 0) is 6.54 Å². The summed E-state index contributed by atoms with van der Waals surface area (Å²) in [7, 11) is 0. The van der Waals surface area contributed by atoms with Crippen molar-refractivity contribution in [3.8, 4) is 6.07 Å². The predicted octanol–water partition coefficient (Wildman–Crippen LogP) is 5.11. The number of nitrogens with zero attached hydrogens (tertiary/aromatic N) is 4. The number of nitrogens with one attached hydrogen (secondary N) is 2. The zero-order valence-electron chi connectivity index (χ0n) is 24.4. The fourth-order valence-corrected chi connectivity index (χ4v) is 6.02. The van der Waals surface area contributed by atoms with Crippen LogP contribution in [0, 0.1) is 36.2 Å². The lowest BCUT2D eigenvalue weighted by molar-refractivity contribution is -0.612. The molecule has 5 rings (SSSR count). The van der Waals surface area contributed by atoms with Crippen LogP contribution in [0.4, 0.5) is 10.1 Å². The molecular formula is C33H37FN6O2. The molecule has 2 aromatic heterocycles. The van der Waals surface area contributed by atoms with Crippen molar-refractivity contribution >= 4 is 22.5 Å². The lowest BCUT2D eigenvalue weighted by Gasteiger charge is -2.42. The van der Waals surface area contributed by atoms with Crippen LogP contribution in [0.1, 0.15) is 58.9 Å². The van der Waals surface area contributed by atoms with Crippen LogP contribution in [-0.4, -0.2) is 47.5 Å². The maximum atomic E-state index is 14.9. The summed E-state index contributed by atoms with van der Waals surface area (Å²) in [6, 6.07) is 17.1. The molecule has 1 saturated heterocycles. The Balaban J connectivity index is 1.23. The second-order valence-electron chi connectivity index (χ2n) is 11.2.